The van der Waals surface area contributed by atoms with E-state index in [0.29, 0.717) is 19.8 Å². The Kier molecular flexibility index (Phi) is 5.02. The molecular formula is C16H25NO3. The van der Waals surface area contributed by atoms with Crippen LogP contribution in [0.4, 0.5) is 0 Å². The number of rotatable bonds is 5. The lowest BCUT2D eigenvalue weighted by Gasteiger charge is -2.42. The molecule has 0 aliphatic carbocycles. The Morgan fingerprint density at radius 2 is 2.05 bits per heavy atom. The fraction of sp³-hybridized carbons (Fsp3) is 0.625. The second kappa shape index (κ2) is 6.57. The zero-order valence-electron chi connectivity index (χ0n) is 12.6. The Morgan fingerprint density at radius 1 is 1.35 bits per heavy atom. The highest BCUT2D eigenvalue weighted by Crippen LogP contribution is 2.39. The molecule has 0 radical (unpaired) electrons. The molecule has 2 N–H and O–H groups in total. The second-order valence-electron chi connectivity index (χ2n) is 5.33. The molecule has 1 fully saturated rings. The van der Waals surface area contributed by atoms with Gasteiger partial charge < -0.3 is 19.9 Å². The van der Waals surface area contributed by atoms with Gasteiger partial charge in [0.2, 0.25) is 0 Å². The van der Waals surface area contributed by atoms with Crippen LogP contribution in [0, 0.1) is 6.92 Å². The van der Waals surface area contributed by atoms with E-state index < -0.39 is 0 Å². The van der Waals surface area contributed by atoms with Gasteiger partial charge in [-0.25, -0.2) is 0 Å². The summed E-state index contributed by atoms with van der Waals surface area (Å²) in [5.41, 5.74) is 8.41. The summed E-state index contributed by atoms with van der Waals surface area (Å²) >= 11 is 0. The van der Waals surface area contributed by atoms with Crippen LogP contribution in [0.25, 0.3) is 0 Å². The number of methoxy groups -OCH3 is 1. The van der Waals surface area contributed by atoms with Gasteiger partial charge in [0.15, 0.2) is 0 Å². The first-order valence-electron chi connectivity index (χ1n) is 7.25. The molecule has 1 aromatic carbocycles. The van der Waals surface area contributed by atoms with Crippen molar-refractivity contribution in [2.75, 3.05) is 26.9 Å². The van der Waals surface area contributed by atoms with Crippen LogP contribution in [0.5, 0.6) is 5.75 Å². The molecule has 0 aromatic heterocycles. The Balaban J connectivity index is 2.36. The first-order chi connectivity index (χ1) is 9.63. The van der Waals surface area contributed by atoms with Crippen molar-refractivity contribution in [1.82, 2.24) is 0 Å². The lowest BCUT2D eigenvalue weighted by Crippen LogP contribution is -2.48. The number of hydrogen-bond acceptors (Lipinski definition) is 4. The maximum atomic E-state index is 6.58. The normalized spacial score (nSPS) is 19.6. The van der Waals surface area contributed by atoms with Gasteiger partial charge in [0.1, 0.15) is 5.75 Å². The molecule has 1 saturated heterocycles. The van der Waals surface area contributed by atoms with E-state index in [9.17, 15) is 0 Å². The minimum absolute atomic E-state index is 0.207. The van der Waals surface area contributed by atoms with Gasteiger partial charge in [0.05, 0.1) is 18.8 Å². The van der Waals surface area contributed by atoms with E-state index >= 15 is 0 Å². The van der Waals surface area contributed by atoms with Crippen molar-refractivity contribution in [3.63, 3.8) is 0 Å². The number of aryl methyl sites for hydroxylation is 1. The molecular weight excluding hydrogens is 254 g/mol. The summed E-state index contributed by atoms with van der Waals surface area (Å²) in [6.45, 7) is 6.12. The lowest BCUT2D eigenvalue weighted by molar-refractivity contribution is -0.121. The first-order valence-corrected chi connectivity index (χ1v) is 7.25. The van der Waals surface area contributed by atoms with Crippen LogP contribution in [-0.2, 0) is 9.47 Å². The summed E-state index contributed by atoms with van der Waals surface area (Å²) in [5, 5.41) is 0. The molecule has 1 aliphatic heterocycles. The average Bonchev–Trinajstić information content (AvgIpc) is 2.47. The maximum absolute atomic E-state index is 6.58. The van der Waals surface area contributed by atoms with E-state index in [-0.39, 0.29) is 11.6 Å². The van der Waals surface area contributed by atoms with Crippen molar-refractivity contribution in [2.24, 2.45) is 5.73 Å². The maximum Gasteiger partial charge on any atom is 0.123 e. The van der Waals surface area contributed by atoms with E-state index in [2.05, 4.69) is 13.0 Å². The Hall–Kier alpha value is -1.10. The summed E-state index contributed by atoms with van der Waals surface area (Å²) in [7, 11) is 1.68. The standard InChI is InChI=1S/C16H25NO3/c1-4-20-16(7-9-19-10-8-16)15(17)13-11-12(2)5-6-14(13)18-3/h5-6,11,15H,4,7-10,17H2,1-3H3. The second-order valence-corrected chi connectivity index (χ2v) is 5.33. The topological polar surface area (TPSA) is 53.7 Å². The van der Waals surface area contributed by atoms with Crippen LogP contribution in [0.1, 0.15) is 36.9 Å². The van der Waals surface area contributed by atoms with Gasteiger partial charge in [-0.15, -0.1) is 0 Å². The number of hydrogen-bond donors (Lipinski definition) is 1. The van der Waals surface area contributed by atoms with Crippen LogP contribution < -0.4 is 10.5 Å². The Labute approximate surface area is 121 Å². The average molecular weight is 279 g/mol. The quantitative estimate of drug-likeness (QED) is 0.900. The monoisotopic (exact) mass is 279 g/mol. The van der Waals surface area contributed by atoms with Crippen molar-refractivity contribution in [3.05, 3.63) is 29.3 Å². The molecule has 0 spiro atoms. The minimum atomic E-state index is -0.353. The molecule has 1 atom stereocenters. The lowest BCUT2D eigenvalue weighted by atomic mass is 9.82. The van der Waals surface area contributed by atoms with Crippen LogP contribution in [-0.4, -0.2) is 32.5 Å². The molecule has 1 aromatic rings. The third kappa shape index (κ3) is 2.97. The van der Waals surface area contributed by atoms with Gasteiger partial charge in [-0.2, -0.15) is 0 Å². The molecule has 0 bridgehead atoms. The van der Waals surface area contributed by atoms with Gasteiger partial charge in [0.25, 0.3) is 0 Å². The SMILES string of the molecule is CCOC1(C(N)c2cc(C)ccc2OC)CCOCC1. The molecule has 1 unspecified atom stereocenters. The molecule has 112 valence electrons. The molecule has 1 aliphatic rings. The van der Waals surface area contributed by atoms with E-state index in [1.807, 2.05) is 19.1 Å². The van der Waals surface area contributed by atoms with Crippen LogP contribution >= 0.6 is 0 Å². The van der Waals surface area contributed by atoms with E-state index in [0.717, 1.165) is 24.2 Å². The first kappa shape index (κ1) is 15.3. The molecule has 0 amide bonds. The van der Waals surface area contributed by atoms with Gasteiger partial charge in [-0.1, -0.05) is 17.7 Å². The van der Waals surface area contributed by atoms with Crippen molar-refractivity contribution >= 4 is 0 Å². The van der Waals surface area contributed by atoms with Gasteiger partial charge >= 0.3 is 0 Å². The molecule has 2 rings (SSSR count). The number of benzene rings is 1. The van der Waals surface area contributed by atoms with E-state index in [1.54, 1.807) is 7.11 Å². The zero-order chi connectivity index (χ0) is 14.6. The molecule has 1 heterocycles. The van der Waals surface area contributed by atoms with Crippen LogP contribution in [0.15, 0.2) is 18.2 Å². The number of nitrogens with two attached hydrogens (primary N) is 1. The Bertz CT molecular complexity index is 436. The third-order valence-corrected chi connectivity index (χ3v) is 4.06. The summed E-state index contributed by atoms with van der Waals surface area (Å²) in [6.07, 6.45) is 1.64. The van der Waals surface area contributed by atoms with E-state index in [1.165, 1.54) is 5.56 Å². The predicted molar refractivity (Wildman–Crippen MR) is 79.1 cm³/mol. The van der Waals surface area contributed by atoms with Crippen LogP contribution in [0.3, 0.4) is 0 Å². The fourth-order valence-electron chi connectivity index (χ4n) is 2.93. The highest BCUT2D eigenvalue weighted by atomic mass is 16.5. The molecule has 20 heavy (non-hydrogen) atoms. The van der Waals surface area contributed by atoms with Crippen molar-refractivity contribution in [2.45, 2.75) is 38.3 Å². The van der Waals surface area contributed by atoms with Crippen LogP contribution in [0.2, 0.25) is 0 Å². The predicted octanol–water partition coefficient (Wildman–Crippen LogP) is 2.59. The van der Waals surface area contributed by atoms with Crippen molar-refractivity contribution in [3.8, 4) is 5.75 Å². The number of ether oxygens (including phenoxy) is 3. The Morgan fingerprint density at radius 3 is 2.65 bits per heavy atom. The van der Waals surface area contributed by atoms with Gasteiger partial charge in [-0.3, -0.25) is 0 Å². The zero-order valence-corrected chi connectivity index (χ0v) is 12.6. The van der Waals surface area contributed by atoms with E-state index in [4.69, 9.17) is 19.9 Å². The van der Waals surface area contributed by atoms with Crippen molar-refractivity contribution < 1.29 is 14.2 Å². The summed E-state index contributed by atoms with van der Waals surface area (Å²) < 4.78 is 17.0. The molecule has 4 heteroatoms. The van der Waals surface area contributed by atoms with Gasteiger partial charge in [-0.05, 0) is 19.9 Å². The largest absolute Gasteiger partial charge is 0.496 e. The highest BCUT2D eigenvalue weighted by molar-refractivity contribution is 5.40. The molecule has 4 nitrogen and oxygen atoms in total. The summed E-state index contributed by atoms with van der Waals surface area (Å²) in [4.78, 5) is 0. The van der Waals surface area contributed by atoms with Crippen molar-refractivity contribution in [1.29, 1.82) is 0 Å². The third-order valence-electron chi connectivity index (χ3n) is 4.06. The van der Waals surface area contributed by atoms with Gasteiger partial charge in [0, 0.05) is 38.2 Å². The summed E-state index contributed by atoms with van der Waals surface area (Å²) in [5.74, 6) is 0.827. The smallest absolute Gasteiger partial charge is 0.123 e. The minimum Gasteiger partial charge on any atom is -0.496 e. The molecule has 0 saturated carbocycles. The fourth-order valence-corrected chi connectivity index (χ4v) is 2.93. The summed E-state index contributed by atoms with van der Waals surface area (Å²) in [6, 6.07) is 5.90. The highest BCUT2D eigenvalue weighted by Gasteiger charge is 2.41.